The lowest BCUT2D eigenvalue weighted by Gasteiger charge is -2.16. The Kier molecular flexibility index (Phi) is 4.46. The molecule has 4 heteroatoms. The Bertz CT molecular complexity index is 548. The fourth-order valence-electron chi connectivity index (χ4n) is 3.23. The number of amides is 1. The van der Waals surface area contributed by atoms with Gasteiger partial charge in [0, 0.05) is 19.5 Å². The van der Waals surface area contributed by atoms with Gasteiger partial charge >= 0.3 is 5.97 Å². The molecule has 2 aliphatic rings. The van der Waals surface area contributed by atoms with Gasteiger partial charge in [0.2, 0.25) is 5.91 Å². The SMILES string of the molecule is O=C(O)c1ccc(C[C@@H]2CCN(C(=O)CCC3CC3)C2)cc1. The lowest BCUT2D eigenvalue weighted by atomic mass is 9.98. The molecular formula is C18H23NO3. The highest BCUT2D eigenvalue weighted by atomic mass is 16.4. The maximum atomic E-state index is 12.2. The second kappa shape index (κ2) is 6.51. The third-order valence-electron chi connectivity index (χ3n) is 4.83. The smallest absolute Gasteiger partial charge is 0.335 e. The van der Waals surface area contributed by atoms with Crippen molar-refractivity contribution in [2.45, 2.75) is 38.5 Å². The zero-order chi connectivity index (χ0) is 15.5. The van der Waals surface area contributed by atoms with Crippen molar-refractivity contribution >= 4 is 11.9 Å². The van der Waals surface area contributed by atoms with Crippen molar-refractivity contribution in [1.29, 1.82) is 0 Å². The molecule has 1 aromatic carbocycles. The molecule has 0 aromatic heterocycles. The molecule has 0 unspecified atom stereocenters. The van der Waals surface area contributed by atoms with Crippen LogP contribution in [0.15, 0.2) is 24.3 Å². The number of aromatic carboxylic acids is 1. The first-order chi connectivity index (χ1) is 10.6. The van der Waals surface area contributed by atoms with Crippen LogP contribution in [0.5, 0.6) is 0 Å². The fourth-order valence-corrected chi connectivity index (χ4v) is 3.23. The van der Waals surface area contributed by atoms with Gasteiger partial charge in [-0.05, 0) is 48.8 Å². The van der Waals surface area contributed by atoms with E-state index in [4.69, 9.17) is 5.11 Å². The largest absolute Gasteiger partial charge is 0.478 e. The molecule has 1 amide bonds. The number of rotatable bonds is 6. The van der Waals surface area contributed by atoms with Crippen molar-refractivity contribution in [2.75, 3.05) is 13.1 Å². The highest BCUT2D eigenvalue weighted by Gasteiger charge is 2.28. The quantitative estimate of drug-likeness (QED) is 0.879. The number of carbonyl (C=O) groups excluding carboxylic acids is 1. The molecule has 3 rings (SSSR count). The number of benzene rings is 1. The zero-order valence-electron chi connectivity index (χ0n) is 12.8. The summed E-state index contributed by atoms with van der Waals surface area (Å²) in [5.41, 5.74) is 1.48. The molecule has 0 spiro atoms. The molecular weight excluding hydrogens is 278 g/mol. The average Bonchev–Trinajstić information content (AvgIpc) is 3.23. The van der Waals surface area contributed by atoms with Crippen LogP contribution in [0.3, 0.4) is 0 Å². The number of nitrogens with zero attached hydrogens (tertiary/aromatic N) is 1. The van der Waals surface area contributed by atoms with Gasteiger partial charge in [-0.3, -0.25) is 4.79 Å². The number of carbonyl (C=O) groups is 2. The monoisotopic (exact) mass is 301 g/mol. The predicted octanol–water partition coefficient (Wildman–Crippen LogP) is 2.97. The van der Waals surface area contributed by atoms with Gasteiger partial charge in [0.25, 0.3) is 0 Å². The van der Waals surface area contributed by atoms with E-state index in [1.807, 2.05) is 17.0 Å². The van der Waals surface area contributed by atoms with Crippen LogP contribution >= 0.6 is 0 Å². The van der Waals surface area contributed by atoms with Gasteiger partial charge in [-0.1, -0.05) is 25.0 Å². The Morgan fingerprint density at radius 3 is 2.45 bits per heavy atom. The summed E-state index contributed by atoms with van der Waals surface area (Å²) in [5, 5.41) is 8.91. The van der Waals surface area contributed by atoms with Crippen LogP contribution in [0.2, 0.25) is 0 Å². The summed E-state index contributed by atoms with van der Waals surface area (Å²) in [6.07, 6.45) is 6.37. The zero-order valence-corrected chi connectivity index (χ0v) is 12.8. The number of carboxylic acids is 1. The summed E-state index contributed by atoms with van der Waals surface area (Å²) < 4.78 is 0. The van der Waals surface area contributed by atoms with E-state index in [0.717, 1.165) is 43.8 Å². The summed E-state index contributed by atoms with van der Waals surface area (Å²) in [6.45, 7) is 1.73. The number of likely N-dealkylation sites (tertiary alicyclic amines) is 1. The lowest BCUT2D eigenvalue weighted by molar-refractivity contribution is -0.130. The first-order valence-corrected chi connectivity index (χ1v) is 8.22. The Balaban J connectivity index is 1.47. The maximum Gasteiger partial charge on any atom is 0.335 e. The topological polar surface area (TPSA) is 57.6 Å². The molecule has 1 saturated carbocycles. The van der Waals surface area contributed by atoms with Gasteiger partial charge in [-0.2, -0.15) is 0 Å². The number of hydrogen-bond acceptors (Lipinski definition) is 2. The van der Waals surface area contributed by atoms with Gasteiger partial charge in [-0.15, -0.1) is 0 Å². The highest BCUT2D eigenvalue weighted by molar-refractivity contribution is 5.87. The second-order valence-corrected chi connectivity index (χ2v) is 6.68. The summed E-state index contributed by atoms with van der Waals surface area (Å²) >= 11 is 0. The van der Waals surface area contributed by atoms with Crippen LogP contribution in [0, 0.1) is 11.8 Å². The molecule has 2 fully saturated rings. The molecule has 1 aliphatic carbocycles. The van der Waals surface area contributed by atoms with Crippen molar-refractivity contribution in [3.63, 3.8) is 0 Å². The van der Waals surface area contributed by atoms with Crippen molar-refractivity contribution in [1.82, 2.24) is 4.90 Å². The summed E-state index contributed by atoms with van der Waals surface area (Å²) in [5.74, 6) is 0.742. The third-order valence-corrected chi connectivity index (χ3v) is 4.83. The van der Waals surface area contributed by atoms with Crippen LogP contribution in [-0.4, -0.2) is 35.0 Å². The van der Waals surface area contributed by atoms with Gasteiger partial charge in [-0.25, -0.2) is 4.79 Å². The van der Waals surface area contributed by atoms with Crippen molar-refractivity contribution in [3.8, 4) is 0 Å². The van der Waals surface area contributed by atoms with E-state index in [1.54, 1.807) is 12.1 Å². The van der Waals surface area contributed by atoms with E-state index in [0.29, 0.717) is 23.8 Å². The highest BCUT2D eigenvalue weighted by Crippen LogP contribution is 2.34. The van der Waals surface area contributed by atoms with Crippen molar-refractivity contribution < 1.29 is 14.7 Å². The number of carboxylic acid groups (broad SMARTS) is 1. The minimum atomic E-state index is -0.889. The van der Waals surface area contributed by atoms with E-state index >= 15 is 0 Å². The molecule has 0 bridgehead atoms. The summed E-state index contributed by atoms with van der Waals surface area (Å²) in [7, 11) is 0. The Morgan fingerprint density at radius 2 is 1.82 bits per heavy atom. The lowest BCUT2D eigenvalue weighted by Crippen LogP contribution is -2.28. The van der Waals surface area contributed by atoms with Crippen molar-refractivity contribution in [3.05, 3.63) is 35.4 Å². The minimum absolute atomic E-state index is 0.315. The normalized spacial score (nSPS) is 21.1. The van der Waals surface area contributed by atoms with Crippen LogP contribution in [0.4, 0.5) is 0 Å². The first-order valence-electron chi connectivity index (χ1n) is 8.22. The molecule has 1 atom stereocenters. The van der Waals surface area contributed by atoms with E-state index in [9.17, 15) is 9.59 Å². The van der Waals surface area contributed by atoms with Crippen molar-refractivity contribution in [2.24, 2.45) is 11.8 Å². The van der Waals surface area contributed by atoms with Gasteiger partial charge in [0.1, 0.15) is 0 Å². The molecule has 1 N–H and O–H groups in total. The van der Waals surface area contributed by atoms with E-state index in [-0.39, 0.29) is 0 Å². The molecule has 0 radical (unpaired) electrons. The van der Waals surface area contributed by atoms with Crippen LogP contribution in [0.1, 0.15) is 48.0 Å². The summed E-state index contributed by atoms with van der Waals surface area (Å²) in [4.78, 5) is 25.0. The Labute approximate surface area is 131 Å². The van der Waals surface area contributed by atoms with E-state index in [1.165, 1.54) is 12.8 Å². The summed E-state index contributed by atoms with van der Waals surface area (Å²) in [6, 6.07) is 7.10. The van der Waals surface area contributed by atoms with E-state index in [2.05, 4.69) is 0 Å². The minimum Gasteiger partial charge on any atom is -0.478 e. The van der Waals surface area contributed by atoms with E-state index < -0.39 is 5.97 Å². The molecule has 1 saturated heterocycles. The molecule has 22 heavy (non-hydrogen) atoms. The van der Waals surface area contributed by atoms with Crippen LogP contribution < -0.4 is 0 Å². The Morgan fingerprint density at radius 1 is 1.09 bits per heavy atom. The fraction of sp³-hybridized carbons (Fsp3) is 0.556. The van der Waals surface area contributed by atoms with Crippen LogP contribution in [-0.2, 0) is 11.2 Å². The average molecular weight is 301 g/mol. The second-order valence-electron chi connectivity index (χ2n) is 6.68. The molecule has 118 valence electrons. The molecule has 1 aromatic rings. The molecule has 1 aliphatic heterocycles. The predicted molar refractivity (Wildman–Crippen MR) is 83.8 cm³/mol. The Hall–Kier alpha value is -1.84. The standard InChI is InChI=1S/C18H23NO3/c20-17(8-5-13-1-2-13)19-10-9-15(12-19)11-14-3-6-16(7-4-14)18(21)22/h3-4,6-7,13,15H,1-2,5,8-12H2,(H,21,22)/t15-/m0/s1. The van der Waals surface area contributed by atoms with Gasteiger partial charge in [0.05, 0.1) is 5.56 Å². The number of hydrogen-bond donors (Lipinski definition) is 1. The molecule has 4 nitrogen and oxygen atoms in total. The maximum absolute atomic E-state index is 12.2. The first kappa shape index (κ1) is 15.1. The van der Waals surface area contributed by atoms with Crippen LogP contribution in [0.25, 0.3) is 0 Å². The third kappa shape index (κ3) is 3.87. The molecule has 1 heterocycles. The van der Waals surface area contributed by atoms with Gasteiger partial charge < -0.3 is 10.0 Å². The van der Waals surface area contributed by atoms with Gasteiger partial charge in [0.15, 0.2) is 0 Å².